The minimum Gasteiger partial charge on any atom is -0.457 e. The number of fused-ring (bicyclic) bond motifs is 5. The van der Waals surface area contributed by atoms with Crippen LogP contribution in [0.2, 0.25) is 0 Å². The number of carbonyl (C=O) groups excluding carboxylic acids is 1. The lowest BCUT2D eigenvalue weighted by Crippen LogP contribution is -2.48. The zero-order valence-corrected chi connectivity index (χ0v) is 22.7. The van der Waals surface area contributed by atoms with E-state index in [1.54, 1.807) is 0 Å². The van der Waals surface area contributed by atoms with Crippen molar-refractivity contribution in [3.63, 3.8) is 0 Å². The van der Waals surface area contributed by atoms with Crippen molar-refractivity contribution in [2.75, 3.05) is 19.6 Å². The summed E-state index contributed by atoms with van der Waals surface area (Å²) in [5.74, 6) is 1.30. The van der Waals surface area contributed by atoms with Crippen LogP contribution in [0.1, 0.15) is 30.9 Å². The average molecular weight is 552 g/mol. The largest absolute Gasteiger partial charge is 0.457 e. The first-order valence-corrected chi connectivity index (χ1v) is 14.9. The molecule has 2 atom stereocenters. The molecule has 1 aromatic heterocycles. The van der Waals surface area contributed by atoms with E-state index in [1.165, 1.54) is 21.3 Å². The Balaban J connectivity index is 1.29. The molecule has 1 N–H and O–H groups in total. The lowest BCUT2D eigenvalue weighted by molar-refractivity contribution is -0.124. The lowest BCUT2D eigenvalue weighted by Gasteiger charge is -2.25. The molecule has 0 radical (unpaired) electrons. The summed E-state index contributed by atoms with van der Waals surface area (Å²) >= 11 is 0. The van der Waals surface area contributed by atoms with Crippen LogP contribution in [0.4, 0.5) is 0 Å². The van der Waals surface area contributed by atoms with Crippen LogP contribution in [0.15, 0.2) is 65.8 Å². The standard InChI is InChI=1S/C28H33N5O5S/c1-2-33-28(11-12-29-33)39(35,36)32-16-25-26(17-32)37-19-21-6-4-8-24(14-21)38-23-7-3-5-20(13-23)15-31(22-9-10-22)18-27(34)30-25/h3-8,11-14,22,25-26H,2,9-10,15-19H2,1H3,(H,30,34)/t25-,26-/m0/s1. The first-order valence-electron chi connectivity index (χ1n) is 13.4. The van der Waals surface area contributed by atoms with Crippen molar-refractivity contribution in [3.8, 4) is 11.5 Å². The van der Waals surface area contributed by atoms with Gasteiger partial charge in [-0.1, -0.05) is 24.3 Å². The van der Waals surface area contributed by atoms with Crippen LogP contribution in [-0.4, -0.2) is 71.1 Å². The number of nitrogens with zero attached hydrogens (tertiary/aromatic N) is 4. The molecule has 3 heterocycles. The summed E-state index contributed by atoms with van der Waals surface area (Å²) in [5, 5.41) is 7.37. The van der Waals surface area contributed by atoms with Crippen molar-refractivity contribution >= 4 is 15.9 Å². The van der Waals surface area contributed by atoms with Crippen molar-refractivity contribution in [1.82, 2.24) is 24.3 Å². The molecule has 39 heavy (non-hydrogen) atoms. The van der Waals surface area contributed by atoms with Gasteiger partial charge < -0.3 is 14.8 Å². The molecular weight excluding hydrogens is 518 g/mol. The minimum atomic E-state index is -3.82. The first-order chi connectivity index (χ1) is 18.9. The quantitative estimate of drug-likeness (QED) is 0.532. The molecule has 11 heteroatoms. The maximum Gasteiger partial charge on any atom is 0.260 e. The molecule has 10 nitrogen and oxygen atoms in total. The minimum absolute atomic E-state index is 0.127. The van der Waals surface area contributed by atoms with E-state index >= 15 is 0 Å². The molecular formula is C28H33N5O5S. The van der Waals surface area contributed by atoms with Crippen LogP contribution in [0.5, 0.6) is 11.5 Å². The summed E-state index contributed by atoms with van der Waals surface area (Å²) in [6.07, 6.45) is 3.09. The molecule has 2 aromatic carbocycles. The Morgan fingerprint density at radius 2 is 1.74 bits per heavy atom. The third-order valence-electron chi connectivity index (χ3n) is 7.45. The highest BCUT2D eigenvalue weighted by Gasteiger charge is 2.42. The van der Waals surface area contributed by atoms with Gasteiger partial charge in [0.1, 0.15) is 11.5 Å². The smallest absolute Gasteiger partial charge is 0.260 e. The van der Waals surface area contributed by atoms with E-state index in [1.807, 2.05) is 55.5 Å². The van der Waals surface area contributed by atoms with Gasteiger partial charge in [0.05, 0.1) is 31.5 Å². The average Bonchev–Trinajstić information content (AvgIpc) is 3.50. The molecule has 4 bridgehead atoms. The molecule has 1 saturated heterocycles. The Kier molecular flexibility index (Phi) is 7.15. The Bertz CT molecular complexity index is 1450. The SMILES string of the molecule is CCn1nccc1S(=O)(=O)N1C[C@@H]2NC(=O)CN(C3CC3)Cc3cccc(c3)Oc3cccc(c3)CO[C@H]2C1. The maximum absolute atomic E-state index is 13.5. The summed E-state index contributed by atoms with van der Waals surface area (Å²) in [7, 11) is -3.82. The Hall–Kier alpha value is -3.25. The number of benzene rings is 2. The van der Waals surface area contributed by atoms with Gasteiger partial charge in [-0.2, -0.15) is 9.40 Å². The molecule has 206 valence electrons. The van der Waals surface area contributed by atoms with Gasteiger partial charge in [0.25, 0.3) is 10.0 Å². The van der Waals surface area contributed by atoms with E-state index in [2.05, 4.69) is 15.3 Å². The van der Waals surface area contributed by atoms with Gasteiger partial charge in [-0.05, 0) is 61.2 Å². The number of hydrogen-bond donors (Lipinski definition) is 1. The molecule has 0 unspecified atom stereocenters. The van der Waals surface area contributed by atoms with Gasteiger partial charge in [-0.25, -0.2) is 8.42 Å². The fourth-order valence-corrected chi connectivity index (χ4v) is 6.96. The van der Waals surface area contributed by atoms with Gasteiger partial charge in [0, 0.05) is 32.2 Å². The van der Waals surface area contributed by atoms with Crippen molar-refractivity contribution in [1.29, 1.82) is 0 Å². The van der Waals surface area contributed by atoms with E-state index in [0.717, 1.165) is 29.7 Å². The van der Waals surface area contributed by atoms with E-state index in [9.17, 15) is 13.2 Å². The number of amides is 1. The molecule has 3 aliphatic rings. The second-order valence-electron chi connectivity index (χ2n) is 10.4. The van der Waals surface area contributed by atoms with Gasteiger partial charge in [0.15, 0.2) is 5.03 Å². The first kappa shape index (κ1) is 26.0. The summed E-state index contributed by atoms with van der Waals surface area (Å²) in [6.45, 7) is 3.66. The number of rotatable bonds is 4. The van der Waals surface area contributed by atoms with Gasteiger partial charge in [-0.3, -0.25) is 14.4 Å². The third kappa shape index (κ3) is 5.72. The van der Waals surface area contributed by atoms with E-state index in [4.69, 9.17) is 9.47 Å². The maximum atomic E-state index is 13.5. The van der Waals surface area contributed by atoms with Crippen LogP contribution in [0.3, 0.4) is 0 Å². The molecule has 2 fully saturated rings. The van der Waals surface area contributed by atoms with Crippen LogP contribution in [0.25, 0.3) is 0 Å². The van der Waals surface area contributed by atoms with E-state index in [-0.39, 0.29) is 37.2 Å². The number of aromatic nitrogens is 2. The van der Waals surface area contributed by atoms with Gasteiger partial charge in [0.2, 0.25) is 5.91 Å². The zero-order chi connectivity index (χ0) is 27.0. The number of carbonyl (C=O) groups is 1. The lowest BCUT2D eigenvalue weighted by atomic mass is 10.1. The van der Waals surface area contributed by atoms with E-state index < -0.39 is 22.2 Å². The van der Waals surface area contributed by atoms with E-state index in [0.29, 0.717) is 24.9 Å². The van der Waals surface area contributed by atoms with Crippen molar-refractivity contribution in [2.24, 2.45) is 0 Å². The topological polar surface area (TPSA) is 106 Å². The second kappa shape index (κ2) is 10.7. The van der Waals surface area contributed by atoms with Crippen LogP contribution in [-0.2, 0) is 39.3 Å². The number of hydrogen-bond acceptors (Lipinski definition) is 7. The summed E-state index contributed by atoms with van der Waals surface area (Å²) in [6, 6.07) is 17.0. The monoisotopic (exact) mass is 551 g/mol. The number of ether oxygens (including phenoxy) is 2. The highest BCUT2D eigenvalue weighted by molar-refractivity contribution is 7.89. The highest BCUT2D eigenvalue weighted by Crippen LogP contribution is 2.30. The number of aryl methyl sites for hydroxylation is 1. The zero-order valence-electron chi connectivity index (χ0n) is 21.9. The number of nitrogens with one attached hydrogen (secondary N) is 1. The summed E-state index contributed by atoms with van der Waals surface area (Å²) in [4.78, 5) is 15.5. The number of sulfonamides is 1. The Morgan fingerprint density at radius 3 is 2.49 bits per heavy atom. The summed E-state index contributed by atoms with van der Waals surface area (Å²) < 4.78 is 42.4. The Labute approximate surface area is 228 Å². The predicted molar refractivity (Wildman–Crippen MR) is 144 cm³/mol. The van der Waals surface area contributed by atoms with Gasteiger partial charge in [-0.15, -0.1) is 0 Å². The molecule has 1 amide bonds. The predicted octanol–water partition coefficient (Wildman–Crippen LogP) is 2.75. The van der Waals surface area contributed by atoms with Crippen molar-refractivity contribution in [2.45, 2.75) is 62.7 Å². The molecule has 0 spiro atoms. The molecule has 1 saturated carbocycles. The van der Waals surface area contributed by atoms with Crippen molar-refractivity contribution in [3.05, 3.63) is 71.9 Å². The molecule has 6 rings (SSSR count). The normalized spacial score (nSPS) is 23.2. The highest BCUT2D eigenvalue weighted by atomic mass is 32.2. The van der Waals surface area contributed by atoms with Gasteiger partial charge >= 0.3 is 0 Å². The fourth-order valence-electron chi connectivity index (χ4n) is 5.32. The third-order valence-corrected chi connectivity index (χ3v) is 9.31. The molecule has 2 aliphatic heterocycles. The summed E-state index contributed by atoms with van der Waals surface area (Å²) in [5.41, 5.74) is 1.97. The molecule has 3 aromatic rings. The van der Waals surface area contributed by atoms with Crippen LogP contribution >= 0.6 is 0 Å². The Morgan fingerprint density at radius 1 is 1.00 bits per heavy atom. The molecule has 1 aliphatic carbocycles. The van der Waals surface area contributed by atoms with Crippen LogP contribution < -0.4 is 10.1 Å². The van der Waals surface area contributed by atoms with Crippen LogP contribution in [0, 0.1) is 0 Å². The second-order valence-corrected chi connectivity index (χ2v) is 12.2. The van der Waals surface area contributed by atoms with Crippen molar-refractivity contribution < 1.29 is 22.7 Å². The fraction of sp³-hybridized carbons (Fsp3) is 0.429.